The van der Waals surface area contributed by atoms with Gasteiger partial charge in [0.1, 0.15) is 0 Å². The van der Waals surface area contributed by atoms with Crippen molar-refractivity contribution in [1.29, 1.82) is 0 Å². The summed E-state index contributed by atoms with van der Waals surface area (Å²) in [6.07, 6.45) is 1.94. The van der Waals surface area contributed by atoms with Crippen molar-refractivity contribution in [1.82, 2.24) is 4.98 Å². The van der Waals surface area contributed by atoms with Crippen molar-refractivity contribution in [3.8, 4) is 0 Å². The molecule has 0 aliphatic rings. The van der Waals surface area contributed by atoms with Gasteiger partial charge in [0.15, 0.2) is 5.13 Å². The first kappa shape index (κ1) is 12.6. The standard InChI is InChI=1S/C13H15BrN2S/c1-8-3-4-9(2)10(7-8)5-6-11-12(14)17-13(15)16-11/h3-4,7H,5-6H2,1-2H3,(H2,15,16). The fourth-order valence-electron chi connectivity index (χ4n) is 1.83. The maximum absolute atomic E-state index is 5.68. The zero-order valence-electron chi connectivity index (χ0n) is 9.96. The highest BCUT2D eigenvalue weighted by molar-refractivity contribution is 9.11. The summed E-state index contributed by atoms with van der Waals surface area (Å²) in [5.74, 6) is 0. The van der Waals surface area contributed by atoms with Crippen LogP contribution >= 0.6 is 27.3 Å². The molecule has 0 saturated heterocycles. The molecule has 0 radical (unpaired) electrons. The SMILES string of the molecule is Cc1ccc(C)c(CCc2nc(N)sc2Br)c1. The highest BCUT2D eigenvalue weighted by atomic mass is 79.9. The van der Waals surface area contributed by atoms with Crippen LogP contribution in [0.1, 0.15) is 22.4 Å². The monoisotopic (exact) mass is 310 g/mol. The fraction of sp³-hybridized carbons (Fsp3) is 0.308. The quantitative estimate of drug-likeness (QED) is 0.934. The van der Waals surface area contributed by atoms with Gasteiger partial charge in [0, 0.05) is 0 Å². The molecule has 1 heterocycles. The highest BCUT2D eigenvalue weighted by Gasteiger charge is 2.08. The third-order valence-electron chi connectivity index (χ3n) is 2.80. The van der Waals surface area contributed by atoms with Crippen molar-refractivity contribution in [2.75, 3.05) is 5.73 Å². The normalized spacial score (nSPS) is 10.8. The van der Waals surface area contributed by atoms with Crippen LogP contribution in [0.2, 0.25) is 0 Å². The summed E-state index contributed by atoms with van der Waals surface area (Å²) >= 11 is 4.99. The molecule has 2 aromatic rings. The van der Waals surface area contributed by atoms with Crippen molar-refractivity contribution in [2.45, 2.75) is 26.7 Å². The smallest absolute Gasteiger partial charge is 0.181 e. The lowest BCUT2D eigenvalue weighted by Gasteiger charge is -2.06. The Morgan fingerprint density at radius 2 is 2.06 bits per heavy atom. The van der Waals surface area contributed by atoms with Gasteiger partial charge in [0.2, 0.25) is 0 Å². The number of aryl methyl sites for hydroxylation is 4. The average Bonchev–Trinajstić information content (AvgIpc) is 2.59. The lowest BCUT2D eigenvalue weighted by molar-refractivity contribution is 0.912. The number of nitrogen functional groups attached to an aromatic ring is 1. The maximum atomic E-state index is 5.68. The molecular weight excluding hydrogens is 296 g/mol. The molecule has 0 saturated carbocycles. The van der Waals surface area contributed by atoms with Crippen LogP contribution in [0.5, 0.6) is 0 Å². The van der Waals surface area contributed by atoms with E-state index in [1.54, 1.807) is 0 Å². The summed E-state index contributed by atoms with van der Waals surface area (Å²) < 4.78 is 1.06. The van der Waals surface area contributed by atoms with Gasteiger partial charge in [0.05, 0.1) is 9.48 Å². The molecule has 17 heavy (non-hydrogen) atoms. The predicted molar refractivity (Wildman–Crippen MR) is 77.6 cm³/mol. The molecule has 0 aliphatic heterocycles. The van der Waals surface area contributed by atoms with E-state index in [1.807, 2.05) is 0 Å². The number of nitrogens with zero attached hydrogens (tertiary/aromatic N) is 1. The van der Waals surface area contributed by atoms with Gasteiger partial charge in [0.25, 0.3) is 0 Å². The zero-order chi connectivity index (χ0) is 12.4. The molecule has 2 N–H and O–H groups in total. The van der Waals surface area contributed by atoms with E-state index in [-0.39, 0.29) is 0 Å². The maximum Gasteiger partial charge on any atom is 0.181 e. The molecule has 2 nitrogen and oxygen atoms in total. The van der Waals surface area contributed by atoms with Crippen LogP contribution in [0.3, 0.4) is 0 Å². The predicted octanol–water partition coefficient (Wildman–Crippen LogP) is 3.89. The van der Waals surface area contributed by atoms with Gasteiger partial charge in [-0.15, -0.1) is 0 Å². The Bertz CT molecular complexity index is 534. The van der Waals surface area contributed by atoms with Crippen LogP contribution in [0.25, 0.3) is 0 Å². The molecule has 0 atom stereocenters. The molecule has 0 amide bonds. The Balaban J connectivity index is 2.12. The summed E-state index contributed by atoms with van der Waals surface area (Å²) in [4.78, 5) is 4.33. The molecule has 1 aromatic carbocycles. The van der Waals surface area contributed by atoms with Gasteiger partial charge >= 0.3 is 0 Å². The number of halogens is 1. The van der Waals surface area contributed by atoms with Crippen molar-refractivity contribution in [2.24, 2.45) is 0 Å². The molecule has 4 heteroatoms. The van der Waals surface area contributed by atoms with Crippen molar-refractivity contribution >= 4 is 32.4 Å². The van der Waals surface area contributed by atoms with Crippen LogP contribution in [-0.2, 0) is 12.8 Å². The Morgan fingerprint density at radius 3 is 2.71 bits per heavy atom. The van der Waals surface area contributed by atoms with Gasteiger partial charge < -0.3 is 5.73 Å². The average molecular weight is 311 g/mol. The number of hydrogen-bond acceptors (Lipinski definition) is 3. The van der Waals surface area contributed by atoms with Crippen molar-refractivity contribution in [3.63, 3.8) is 0 Å². The second-order valence-electron chi connectivity index (χ2n) is 4.20. The lowest BCUT2D eigenvalue weighted by atomic mass is 10.0. The number of aromatic nitrogens is 1. The van der Waals surface area contributed by atoms with E-state index in [0.717, 1.165) is 22.3 Å². The van der Waals surface area contributed by atoms with Gasteiger partial charge in [-0.3, -0.25) is 0 Å². The first-order valence-corrected chi connectivity index (χ1v) is 7.14. The number of hydrogen-bond donors (Lipinski definition) is 1. The molecule has 2 rings (SSSR count). The van der Waals surface area contributed by atoms with E-state index in [9.17, 15) is 0 Å². The Hall–Kier alpha value is -0.870. The first-order chi connectivity index (χ1) is 8.06. The second-order valence-corrected chi connectivity index (χ2v) is 6.55. The Kier molecular flexibility index (Phi) is 3.84. The van der Waals surface area contributed by atoms with E-state index in [0.29, 0.717) is 5.13 Å². The summed E-state index contributed by atoms with van der Waals surface area (Å²) in [6, 6.07) is 6.57. The summed E-state index contributed by atoms with van der Waals surface area (Å²) in [6.45, 7) is 4.28. The summed E-state index contributed by atoms with van der Waals surface area (Å²) in [5.41, 5.74) is 10.8. The summed E-state index contributed by atoms with van der Waals surface area (Å²) in [7, 11) is 0. The Labute approximate surface area is 114 Å². The van der Waals surface area contributed by atoms with E-state index < -0.39 is 0 Å². The van der Waals surface area contributed by atoms with E-state index in [4.69, 9.17) is 5.73 Å². The second kappa shape index (κ2) is 5.19. The fourth-order valence-corrected chi connectivity index (χ4v) is 3.22. The van der Waals surface area contributed by atoms with Crippen molar-refractivity contribution < 1.29 is 0 Å². The van der Waals surface area contributed by atoms with E-state index >= 15 is 0 Å². The molecule has 0 unspecified atom stereocenters. The molecule has 0 spiro atoms. The largest absolute Gasteiger partial charge is 0.375 e. The van der Waals surface area contributed by atoms with E-state index in [1.165, 1.54) is 28.0 Å². The summed E-state index contributed by atoms with van der Waals surface area (Å²) in [5, 5.41) is 0.632. The molecule has 90 valence electrons. The van der Waals surface area contributed by atoms with E-state index in [2.05, 4.69) is 53.0 Å². The number of thiazole rings is 1. The molecule has 0 fully saturated rings. The van der Waals surface area contributed by atoms with Gasteiger partial charge in [-0.2, -0.15) is 0 Å². The third kappa shape index (κ3) is 3.07. The first-order valence-electron chi connectivity index (χ1n) is 5.53. The number of anilines is 1. The zero-order valence-corrected chi connectivity index (χ0v) is 12.4. The Morgan fingerprint density at radius 1 is 1.29 bits per heavy atom. The van der Waals surface area contributed by atoms with Crippen LogP contribution in [-0.4, -0.2) is 4.98 Å². The lowest BCUT2D eigenvalue weighted by Crippen LogP contribution is -1.96. The molecular formula is C13H15BrN2S. The molecule has 1 aromatic heterocycles. The van der Waals surface area contributed by atoms with Crippen LogP contribution in [0, 0.1) is 13.8 Å². The van der Waals surface area contributed by atoms with Gasteiger partial charge in [-0.25, -0.2) is 4.98 Å². The number of benzene rings is 1. The number of nitrogens with two attached hydrogens (primary N) is 1. The highest BCUT2D eigenvalue weighted by Crippen LogP contribution is 2.27. The van der Waals surface area contributed by atoms with Crippen LogP contribution in [0.4, 0.5) is 5.13 Å². The van der Waals surface area contributed by atoms with Crippen molar-refractivity contribution in [3.05, 3.63) is 44.4 Å². The minimum atomic E-state index is 0.632. The molecule has 0 bridgehead atoms. The van der Waals surface area contributed by atoms with Gasteiger partial charge in [-0.05, 0) is 53.7 Å². The minimum absolute atomic E-state index is 0.632. The number of rotatable bonds is 3. The minimum Gasteiger partial charge on any atom is -0.375 e. The third-order valence-corrected chi connectivity index (χ3v) is 4.46. The van der Waals surface area contributed by atoms with Gasteiger partial charge in [-0.1, -0.05) is 35.1 Å². The van der Waals surface area contributed by atoms with Crippen LogP contribution in [0.15, 0.2) is 22.0 Å². The topological polar surface area (TPSA) is 38.9 Å². The van der Waals surface area contributed by atoms with Crippen LogP contribution < -0.4 is 5.73 Å². The molecule has 0 aliphatic carbocycles.